The van der Waals surface area contributed by atoms with E-state index in [1.54, 1.807) is 35.7 Å². The molecule has 12 heteroatoms. The predicted molar refractivity (Wildman–Crippen MR) is 131 cm³/mol. The SMILES string of the molecule is O=C(NCCn1ncc2c(N3CCN(c4ncccn4)CC3)ncnc21)C1COc2ccccc2O1. The number of nitrogens with zero attached hydrogens (tertiary/aromatic N) is 8. The maximum atomic E-state index is 12.6. The molecule has 1 fully saturated rings. The molecule has 184 valence electrons. The Morgan fingerprint density at radius 2 is 1.75 bits per heavy atom. The number of aromatic nitrogens is 6. The van der Waals surface area contributed by atoms with Crippen LogP contribution in [0.5, 0.6) is 11.5 Å². The lowest BCUT2D eigenvalue weighted by Gasteiger charge is -2.35. The molecule has 1 N–H and O–H groups in total. The number of fused-ring (bicyclic) bond motifs is 2. The lowest BCUT2D eigenvalue weighted by molar-refractivity contribution is -0.130. The lowest BCUT2D eigenvalue weighted by Crippen LogP contribution is -2.47. The molecule has 0 aliphatic carbocycles. The summed E-state index contributed by atoms with van der Waals surface area (Å²) in [6.45, 7) is 4.20. The molecular formula is C24H25N9O3. The molecule has 4 aromatic rings. The van der Waals surface area contributed by atoms with Crippen LogP contribution >= 0.6 is 0 Å². The summed E-state index contributed by atoms with van der Waals surface area (Å²) in [5.74, 6) is 2.60. The highest BCUT2D eigenvalue weighted by Crippen LogP contribution is 2.31. The minimum atomic E-state index is -0.692. The van der Waals surface area contributed by atoms with Crippen molar-refractivity contribution in [1.82, 2.24) is 35.0 Å². The van der Waals surface area contributed by atoms with E-state index < -0.39 is 6.10 Å². The van der Waals surface area contributed by atoms with Gasteiger partial charge in [-0.1, -0.05) is 12.1 Å². The van der Waals surface area contributed by atoms with Crippen LogP contribution < -0.4 is 24.6 Å². The van der Waals surface area contributed by atoms with Crippen molar-refractivity contribution in [3.8, 4) is 11.5 Å². The minimum absolute atomic E-state index is 0.174. The number of rotatable bonds is 6. The van der Waals surface area contributed by atoms with Gasteiger partial charge in [0.25, 0.3) is 5.91 Å². The molecule has 0 bridgehead atoms. The maximum Gasteiger partial charge on any atom is 0.264 e. The van der Waals surface area contributed by atoms with Gasteiger partial charge in [0.05, 0.1) is 18.1 Å². The van der Waals surface area contributed by atoms with Gasteiger partial charge in [-0.3, -0.25) is 4.79 Å². The predicted octanol–water partition coefficient (Wildman–Crippen LogP) is 0.899. The number of piperazine rings is 1. The highest BCUT2D eigenvalue weighted by molar-refractivity contribution is 5.87. The van der Waals surface area contributed by atoms with Crippen LogP contribution in [0.25, 0.3) is 11.0 Å². The Hall–Kier alpha value is -4.48. The molecule has 6 rings (SSSR count). The Morgan fingerprint density at radius 1 is 0.972 bits per heavy atom. The van der Waals surface area contributed by atoms with E-state index in [4.69, 9.17) is 9.47 Å². The first kappa shape index (κ1) is 22.0. The Kier molecular flexibility index (Phi) is 5.90. The van der Waals surface area contributed by atoms with Gasteiger partial charge in [-0.25, -0.2) is 24.6 Å². The van der Waals surface area contributed by atoms with Crippen molar-refractivity contribution in [2.45, 2.75) is 12.6 Å². The van der Waals surface area contributed by atoms with Gasteiger partial charge in [0.1, 0.15) is 18.8 Å². The summed E-state index contributed by atoms with van der Waals surface area (Å²) >= 11 is 0. The monoisotopic (exact) mass is 487 g/mol. The zero-order valence-electron chi connectivity index (χ0n) is 19.5. The zero-order chi connectivity index (χ0) is 24.3. The van der Waals surface area contributed by atoms with Gasteiger partial charge in [0, 0.05) is 45.1 Å². The first-order valence-electron chi connectivity index (χ1n) is 11.9. The highest BCUT2D eigenvalue weighted by Gasteiger charge is 2.27. The quantitative estimate of drug-likeness (QED) is 0.420. The summed E-state index contributed by atoms with van der Waals surface area (Å²) in [6, 6.07) is 9.14. The topological polar surface area (TPSA) is 123 Å². The zero-order valence-corrected chi connectivity index (χ0v) is 19.5. The average Bonchev–Trinajstić information content (AvgIpc) is 3.36. The number of nitrogens with one attached hydrogen (secondary N) is 1. The van der Waals surface area contributed by atoms with E-state index in [1.165, 1.54) is 0 Å². The fraction of sp³-hybridized carbons (Fsp3) is 0.333. The van der Waals surface area contributed by atoms with Crippen molar-refractivity contribution in [3.63, 3.8) is 0 Å². The molecule has 1 aromatic carbocycles. The first-order valence-corrected chi connectivity index (χ1v) is 11.9. The van der Waals surface area contributed by atoms with E-state index in [1.807, 2.05) is 24.3 Å². The van der Waals surface area contributed by atoms with Gasteiger partial charge in [-0.15, -0.1) is 0 Å². The summed E-state index contributed by atoms with van der Waals surface area (Å²) < 4.78 is 13.2. The van der Waals surface area contributed by atoms with Gasteiger partial charge in [0.15, 0.2) is 17.1 Å². The summed E-state index contributed by atoms with van der Waals surface area (Å²) in [5, 5.41) is 8.29. The van der Waals surface area contributed by atoms with Gasteiger partial charge in [-0.05, 0) is 18.2 Å². The van der Waals surface area contributed by atoms with Crippen LogP contribution in [0.3, 0.4) is 0 Å². The Bertz CT molecular complexity index is 1360. The Balaban J connectivity index is 1.07. The van der Waals surface area contributed by atoms with Crippen molar-refractivity contribution in [1.29, 1.82) is 0 Å². The van der Waals surface area contributed by atoms with Gasteiger partial charge in [-0.2, -0.15) is 5.10 Å². The number of ether oxygens (including phenoxy) is 2. The standard InChI is InChI=1S/C24H25N9O3/c34-23(20-15-35-18-4-1-2-5-19(18)36-20)25-8-9-33-22-17(14-30-33)21(28-16-29-22)31-10-12-32(13-11-31)24-26-6-3-7-27-24/h1-7,14,16,20H,8-13,15H2,(H,25,34). The van der Waals surface area contributed by atoms with Crippen LogP contribution in [-0.4, -0.2) is 81.1 Å². The molecule has 2 aliphatic heterocycles. The number of amides is 1. The second-order valence-corrected chi connectivity index (χ2v) is 8.48. The summed E-state index contributed by atoms with van der Waals surface area (Å²) in [6.07, 6.45) is 6.17. The third-order valence-electron chi connectivity index (χ3n) is 6.25. The molecule has 12 nitrogen and oxygen atoms in total. The van der Waals surface area contributed by atoms with Crippen LogP contribution in [0.4, 0.5) is 11.8 Å². The van der Waals surface area contributed by atoms with Gasteiger partial charge < -0.3 is 24.6 Å². The van der Waals surface area contributed by atoms with Gasteiger partial charge in [0.2, 0.25) is 12.1 Å². The summed E-state index contributed by atoms with van der Waals surface area (Å²) in [4.78, 5) is 34.7. The molecule has 1 saturated heterocycles. The molecule has 0 saturated carbocycles. The molecule has 1 unspecified atom stereocenters. The highest BCUT2D eigenvalue weighted by atomic mass is 16.6. The van der Waals surface area contributed by atoms with Gasteiger partial charge >= 0.3 is 0 Å². The van der Waals surface area contributed by atoms with E-state index in [2.05, 4.69) is 40.2 Å². The van der Waals surface area contributed by atoms with E-state index >= 15 is 0 Å². The molecule has 36 heavy (non-hydrogen) atoms. The Morgan fingerprint density at radius 3 is 2.58 bits per heavy atom. The molecule has 2 aliphatic rings. The number of anilines is 2. The molecule has 1 amide bonds. The number of para-hydroxylation sites is 2. The lowest BCUT2D eigenvalue weighted by atomic mass is 10.2. The number of carbonyl (C=O) groups is 1. The number of benzene rings is 1. The van der Waals surface area contributed by atoms with E-state index in [9.17, 15) is 4.79 Å². The summed E-state index contributed by atoms with van der Waals surface area (Å²) in [7, 11) is 0. The smallest absolute Gasteiger partial charge is 0.264 e. The van der Waals surface area contributed by atoms with E-state index in [0.29, 0.717) is 24.6 Å². The van der Waals surface area contributed by atoms with Crippen molar-refractivity contribution in [2.75, 3.05) is 49.1 Å². The Labute approximate surface area is 206 Å². The molecule has 0 radical (unpaired) electrons. The fourth-order valence-electron chi connectivity index (χ4n) is 4.42. The first-order chi connectivity index (χ1) is 17.8. The molecule has 1 atom stereocenters. The van der Waals surface area contributed by atoms with E-state index in [0.717, 1.165) is 49.0 Å². The van der Waals surface area contributed by atoms with E-state index in [-0.39, 0.29) is 12.5 Å². The fourth-order valence-corrected chi connectivity index (χ4v) is 4.42. The largest absolute Gasteiger partial charge is 0.485 e. The number of hydrogen-bond acceptors (Lipinski definition) is 10. The molecule has 5 heterocycles. The van der Waals surface area contributed by atoms with Crippen molar-refractivity contribution in [3.05, 3.63) is 55.2 Å². The van der Waals surface area contributed by atoms with Crippen molar-refractivity contribution >= 4 is 28.7 Å². The van der Waals surface area contributed by atoms with Crippen LogP contribution in [0.1, 0.15) is 0 Å². The van der Waals surface area contributed by atoms with Crippen LogP contribution in [0, 0.1) is 0 Å². The maximum absolute atomic E-state index is 12.6. The van der Waals surface area contributed by atoms with Crippen molar-refractivity contribution < 1.29 is 14.3 Å². The number of hydrogen-bond donors (Lipinski definition) is 1. The summed E-state index contributed by atoms with van der Waals surface area (Å²) in [5.41, 5.74) is 0.731. The third kappa shape index (κ3) is 4.32. The third-order valence-corrected chi connectivity index (χ3v) is 6.25. The normalized spacial score (nSPS) is 17.3. The molecular weight excluding hydrogens is 462 g/mol. The second-order valence-electron chi connectivity index (χ2n) is 8.48. The number of carbonyl (C=O) groups excluding carboxylic acids is 1. The van der Waals surface area contributed by atoms with Crippen LogP contribution in [-0.2, 0) is 11.3 Å². The van der Waals surface area contributed by atoms with Crippen LogP contribution in [0.2, 0.25) is 0 Å². The minimum Gasteiger partial charge on any atom is -0.485 e. The molecule has 3 aromatic heterocycles. The second kappa shape index (κ2) is 9.64. The average molecular weight is 488 g/mol. The van der Waals surface area contributed by atoms with Crippen LogP contribution in [0.15, 0.2) is 55.2 Å². The van der Waals surface area contributed by atoms with Crippen molar-refractivity contribution in [2.24, 2.45) is 0 Å². The molecule has 0 spiro atoms.